The van der Waals surface area contributed by atoms with Crippen LogP contribution in [-0.2, 0) is 11.2 Å². The maximum Gasteiger partial charge on any atom is 0.255 e. The highest BCUT2D eigenvalue weighted by atomic mass is 16.2. The van der Waals surface area contributed by atoms with E-state index in [1.165, 1.54) is 0 Å². The number of carbonyl (C=O) groups excluding carboxylic acids is 2. The molecule has 0 aliphatic rings. The fraction of sp³-hybridized carbons (Fsp3) is 0.125. The van der Waals surface area contributed by atoms with Gasteiger partial charge in [0.2, 0.25) is 5.91 Å². The molecular formula is C16H16N2O2. The molecule has 0 aliphatic carbocycles. The summed E-state index contributed by atoms with van der Waals surface area (Å²) in [5, 5.41) is 2.81. The number of nitrogens with one attached hydrogen (secondary N) is 1. The predicted molar refractivity (Wildman–Crippen MR) is 78.5 cm³/mol. The van der Waals surface area contributed by atoms with Gasteiger partial charge < -0.3 is 11.1 Å². The Morgan fingerprint density at radius 3 is 2.40 bits per heavy atom. The third kappa shape index (κ3) is 3.68. The molecule has 4 heteroatoms. The summed E-state index contributed by atoms with van der Waals surface area (Å²) in [5.41, 5.74) is 8.29. The van der Waals surface area contributed by atoms with Gasteiger partial charge in [0.1, 0.15) is 0 Å². The van der Waals surface area contributed by atoms with Gasteiger partial charge in [0.25, 0.3) is 5.91 Å². The van der Waals surface area contributed by atoms with Crippen LogP contribution in [0.5, 0.6) is 0 Å². The van der Waals surface area contributed by atoms with Crippen molar-refractivity contribution in [3.63, 3.8) is 0 Å². The number of hydrogen-bond acceptors (Lipinski definition) is 2. The van der Waals surface area contributed by atoms with Crippen LogP contribution in [0.2, 0.25) is 0 Å². The van der Waals surface area contributed by atoms with Crippen LogP contribution in [0.25, 0.3) is 0 Å². The standard InChI is InChI=1S/C16H16N2O2/c1-11-3-2-4-13(9-11)16(20)18-14-7-5-12(6-8-14)10-15(17)19/h2-9H,10H2,1H3,(H2,17,19)(H,18,20). The van der Waals surface area contributed by atoms with Gasteiger partial charge in [0.15, 0.2) is 0 Å². The molecule has 0 unspecified atom stereocenters. The number of rotatable bonds is 4. The molecule has 2 aromatic rings. The molecule has 0 radical (unpaired) electrons. The van der Waals surface area contributed by atoms with Crippen molar-refractivity contribution >= 4 is 17.5 Å². The maximum atomic E-state index is 12.0. The first-order valence-electron chi connectivity index (χ1n) is 6.30. The lowest BCUT2D eigenvalue weighted by Gasteiger charge is -2.06. The quantitative estimate of drug-likeness (QED) is 0.892. The maximum absolute atomic E-state index is 12.0. The minimum absolute atomic E-state index is 0.156. The first kappa shape index (κ1) is 13.8. The molecule has 3 N–H and O–H groups in total. The number of aryl methyl sites for hydroxylation is 1. The smallest absolute Gasteiger partial charge is 0.255 e. The van der Waals surface area contributed by atoms with Gasteiger partial charge >= 0.3 is 0 Å². The molecule has 0 aromatic heterocycles. The number of carbonyl (C=O) groups is 2. The molecule has 0 atom stereocenters. The lowest BCUT2D eigenvalue weighted by atomic mass is 10.1. The topological polar surface area (TPSA) is 72.2 Å². The van der Waals surface area contributed by atoms with E-state index in [0.29, 0.717) is 11.3 Å². The molecule has 0 aliphatic heterocycles. The highest BCUT2D eigenvalue weighted by Gasteiger charge is 2.06. The van der Waals surface area contributed by atoms with E-state index < -0.39 is 0 Å². The van der Waals surface area contributed by atoms with Crippen LogP contribution in [-0.4, -0.2) is 11.8 Å². The minimum atomic E-state index is -0.374. The first-order valence-corrected chi connectivity index (χ1v) is 6.30. The van der Waals surface area contributed by atoms with Crippen molar-refractivity contribution in [2.75, 3.05) is 5.32 Å². The fourth-order valence-electron chi connectivity index (χ4n) is 1.90. The van der Waals surface area contributed by atoms with Crippen LogP contribution in [0.1, 0.15) is 21.5 Å². The van der Waals surface area contributed by atoms with Crippen LogP contribution < -0.4 is 11.1 Å². The highest BCUT2D eigenvalue weighted by Crippen LogP contribution is 2.12. The van der Waals surface area contributed by atoms with Crippen molar-refractivity contribution in [1.82, 2.24) is 0 Å². The Morgan fingerprint density at radius 1 is 1.10 bits per heavy atom. The molecule has 2 amide bonds. The van der Waals surface area contributed by atoms with Gasteiger partial charge in [0, 0.05) is 11.3 Å². The van der Waals surface area contributed by atoms with Crippen LogP contribution in [0.15, 0.2) is 48.5 Å². The molecule has 0 heterocycles. The average molecular weight is 268 g/mol. The molecule has 0 spiro atoms. The molecule has 20 heavy (non-hydrogen) atoms. The second-order valence-electron chi connectivity index (χ2n) is 4.66. The van der Waals surface area contributed by atoms with Crippen LogP contribution in [0.3, 0.4) is 0 Å². The average Bonchev–Trinajstić information content (AvgIpc) is 2.40. The van der Waals surface area contributed by atoms with Crippen LogP contribution in [0, 0.1) is 6.92 Å². The van der Waals surface area contributed by atoms with E-state index >= 15 is 0 Å². The summed E-state index contributed by atoms with van der Waals surface area (Å²) in [7, 11) is 0. The Hall–Kier alpha value is -2.62. The SMILES string of the molecule is Cc1cccc(C(=O)Nc2ccc(CC(N)=O)cc2)c1. The van der Waals surface area contributed by atoms with Crippen molar-refractivity contribution in [2.45, 2.75) is 13.3 Å². The van der Waals surface area contributed by atoms with Crippen molar-refractivity contribution in [1.29, 1.82) is 0 Å². The molecule has 2 rings (SSSR count). The Bertz CT molecular complexity index is 633. The molecule has 102 valence electrons. The molecule has 0 saturated heterocycles. The van der Waals surface area contributed by atoms with Crippen LogP contribution in [0.4, 0.5) is 5.69 Å². The number of hydrogen-bond donors (Lipinski definition) is 2. The van der Waals surface area contributed by atoms with Crippen LogP contribution >= 0.6 is 0 Å². The van der Waals surface area contributed by atoms with E-state index in [0.717, 1.165) is 11.1 Å². The number of benzene rings is 2. The van der Waals surface area contributed by atoms with Crippen molar-refractivity contribution < 1.29 is 9.59 Å². The molecule has 0 bridgehead atoms. The number of nitrogens with two attached hydrogens (primary N) is 1. The van der Waals surface area contributed by atoms with E-state index in [-0.39, 0.29) is 18.2 Å². The van der Waals surface area contributed by atoms with E-state index in [1.807, 2.05) is 25.1 Å². The largest absolute Gasteiger partial charge is 0.369 e. The normalized spacial score (nSPS) is 10.1. The summed E-state index contributed by atoms with van der Waals surface area (Å²) in [6.45, 7) is 1.94. The second-order valence-corrected chi connectivity index (χ2v) is 4.66. The number of primary amides is 1. The molecule has 4 nitrogen and oxygen atoms in total. The van der Waals surface area contributed by atoms with E-state index in [4.69, 9.17) is 5.73 Å². The Morgan fingerprint density at radius 2 is 1.80 bits per heavy atom. The van der Waals surface area contributed by atoms with Gasteiger partial charge in [-0.05, 0) is 36.8 Å². The fourth-order valence-corrected chi connectivity index (χ4v) is 1.90. The molecule has 0 saturated carbocycles. The third-order valence-corrected chi connectivity index (χ3v) is 2.87. The zero-order chi connectivity index (χ0) is 14.5. The summed E-state index contributed by atoms with van der Waals surface area (Å²) in [4.78, 5) is 22.8. The second kappa shape index (κ2) is 6.02. The summed E-state index contributed by atoms with van der Waals surface area (Å²) in [5.74, 6) is -0.530. The van der Waals surface area contributed by atoms with Gasteiger partial charge in [-0.2, -0.15) is 0 Å². The lowest BCUT2D eigenvalue weighted by Crippen LogP contribution is -2.14. The molecular weight excluding hydrogens is 252 g/mol. The minimum Gasteiger partial charge on any atom is -0.369 e. The Balaban J connectivity index is 2.06. The predicted octanol–water partition coefficient (Wildman–Crippen LogP) is 2.28. The van der Waals surface area contributed by atoms with E-state index in [1.54, 1.807) is 30.3 Å². The van der Waals surface area contributed by atoms with E-state index in [2.05, 4.69) is 5.32 Å². The number of anilines is 1. The van der Waals surface area contributed by atoms with Gasteiger partial charge in [-0.15, -0.1) is 0 Å². The van der Waals surface area contributed by atoms with Gasteiger partial charge in [-0.25, -0.2) is 0 Å². The summed E-state index contributed by atoms with van der Waals surface area (Å²) in [6, 6.07) is 14.4. The molecule has 0 fully saturated rings. The molecule has 2 aromatic carbocycles. The summed E-state index contributed by atoms with van der Waals surface area (Å²) < 4.78 is 0. The van der Waals surface area contributed by atoms with Crippen molar-refractivity contribution in [3.8, 4) is 0 Å². The third-order valence-electron chi connectivity index (χ3n) is 2.87. The highest BCUT2D eigenvalue weighted by molar-refractivity contribution is 6.04. The van der Waals surface area contributed by atoms with Gasteiger partial charge in [-0.3, -0.25) is 9.59 Å². The zero-order valence-electron chi connectivity index (χ0n) is 11.2. The Kier molecular flexibility index (Phi) is 4.15. The van der Waals surface area contributed by atoms with Gasteiger partial charge in [-0.1, -0.05) is 29.8 Å². The summed E-state index contributed by atoms with van der Waals surface area (Å²) in [6.07, 6.45) is 0.201. The number of amides is 2. The van der Waals surface area contributed by atoms with Crippen molar-refractivity contribution in [3.05, 3.63) is 65.2 Å². The first-order chi connectivity index (χ1) is 9.54. The zero-order valence-corrected chi connectivity index (χ0v) is 11.2. The van der Waals surface area contributed by atoms with E-state index in [9.17, 15) is 9.59 Å². The van der Waals surface area contributed by atoms with Crippen molar-refractivity contribution in [2.24, 2.45) is 5.73 Å². The Labute approximate surface area is 117 Å². The van der Waals surface area contributed by atoms with Gasteiger partial charge in [0.05, 0.1) is 6.42 Å². The summed E-state index contributed by atoms with van der Waals surface area (Å²) >= 11 is 0. The monoisotopic (exact) mass is 268 g/mol. The lowest BCUT2D eigenvalue weighted by molar-refractivity contribution is -0.117.